The lowest BCUT2D eigenvalue weighted by atomic mass is 9.66. The van der Waals surface area contributed by atoms with Gasteiger partial charge in [-0.3, -0.25) is 19.8 Å². The molecule has 0 bridgehead atoms. The summed E-state index contributed by atoms with van der Waals surface area (Å²) >= 11 is 0. The van der Waals surface area contributed by atoms with Gasteiger partial charge in [0.15, 0.2) is 5.41 Å². The number of carbonyl (C=O) groups is 3. The number of nitrogens with zero attached hydrogens (tertiary/aromatic N) is 2. The van der Waals surface area contributed by atoms with E-state index >= 15 is 0 Å². The Balaban J connectivity index is 1.88. The van der Waals surface area contributed by atoms with E-state index in [9.17, 15) is 14.4 Å². The number of hydrogen-bond acceptors (Lipinski definition) is 4. The largest absolute Gasteiger partial charge is 0.367 e. The molecule has 4 amide bonds. The van der Waals surface area contributed by atoms with Gasteiger partial charge in [-0.1, -0.05) is 18.2 Å². The van der Waals surface area contributed by atoms with E-state index in [2.05, 4.69) is 16.3 Å². The Morgan fingerprint density at radius 2 is 1.92 bits per heavy atom. The number of para-hydroxylation sites is 1. The van der Waals surface area contributed by atoms with Crippen molar-refractivity contribution in [2.24, 2.45) is 5.41 Å². The molecule has 3 heterocycles. The molecular weight excluding hydrogens is 318 g/mol. The maximum absolute atomic E-state index is 13.4. The fourth-order valence-electron chi connectivity index (χ4n) is 4.68. The van der Waals surface area contributed by atoms with Crippen LogP contribution in [0.25, 0.3) is 0 Å². The molecule has 0 aromatic heterocycles. The summed E-state index contributed by atoms with van der Waals surface area (Å²) in [6.45, 7) is 4.44. The predicted molar refractivity (Wildman–Crippen MR) is 93.1 cm³/mol. The second-order valence-corrected chi connectivity index (χ2v) is 7.51. The van der Waals surface area contributed by atoms with Gasteiger partial charge in [-0.25, -0.2) is 4.79 Å². The van der Waals surface area contributed by atoms with Crippen molar-refractivity contribution in [3.05, 3.63) is 29.8 Å². The van der Waals surface area contributed by atoms with Gasteiger partial charge in [-0.2, -0.15) is 0 Å². The smallest absolute Gasteiger partial charge is 0.331 e. The summed E-state index contributed by atoms with van der Waals surface area (Å²) < 4.78 is 0. The fraction of sp³-hybridized carbons (Fsp3) is 0.526. The van der Waals surface area contributed by atoms with E-state index in [-0.39, 0.29) is 18.0 Å². The number of piperidine rings is 1. The van der Waals surface area contributed by atoms with Gasteiger partial charge < -0.3 is 4.90 Å². The average molecular weight is 341 g/mol. The molecule has 1 aromatic carbocycles. The van der Waals surface area contributed by atoms with Gasteiger partial charge in [0, 0.05) is 18.3 Å². The third-order valence-electron chi connectivity index (χ3n) is 5.80. The van der Waals surface area contributed by atoms with Crippen molar-refractivity contribution >= 4 is 23.5 Å². The molecule has 132 valence electrons. The van der Waals surface area contributed by atoms with E-state index < -0.39 is 17.4 Å². The normalized spacial score (nSPS) is 28.9. The molecule has 1 spiro atoms. The molecule has 2 atom stereocenters. The molecule has 6 heteroatoms. The summed E-state index contributed by atoms with van der Waals surface area (Å²) in [6.07, 6.45) is 3.17. The van der Waals surface area contributed by atoms with Crippen LogP contribution in [-0.4, -0.2) is 41.4 Å². The van der Waals surface area contributed by atoms with Crippen LogP contribution >= 0.6 is 0 Å². The fourth-order valence-corrected chi connectivity index (χ4v) is 4.68. The molecule has 2 fully saturated rings. The van der Waals surface area contributed by atoms with Crippen LogP contribution in [0, 0.1) is 5.41 Å². The molecule has 2 saturated heterocycles. The maximum Gasteiger partial charge on any atom is 0.331 e. The SMILES string of the molecule is CC(C)N1C(=O)NC(=O)[C@@]2(Cc3ccccc3N3CCCC[C@@H]32)C1=O. The lowest BCUT2D eigenvalue weighted by molar-refractivity contribution is -0.155. The Kier molecular flexibility index (Phi) is 3.60. The molecule has 25 heavy (non-hydrogen) atoms. The molecule has 6 nitrogen and oxygen atoms in total. The van der Waals surface area contributed by atoms with E-state index in [1.165, 1.54) is 4.90 Å². The van der Waals surface area contributed by atoms with E-state index in [0.29, 0.717) is 6.42 Å². The van der Waals surface area contributed by atoms with Crippen LogP contribution in [0.4, 0.5) is 10.5 Å². The highest BCUT2D eigenvalue weighted by Crippen LogP contribution is 2.47. The Morgan fingerprint density at radius 3 is 2.68 bits per heavy atom. The van der Waals surface area contributed by atoms with Gasteiger partial charge in [0.2, 0.25) is 11.8 Å². The topological polar surface area (TPSA) is 69.7 Å². The number of benzene rings is 1. The second-order valence-electron chi connectivity index (χ2n) is 7.51. The van der Waals surface area contributed by atoms with Gasteiger partial charge in [0.05, 0.1) is 6.04 Å². The van der Waals surface area contributed by atoms with Gasteiger partial charge in [0.25, 0.3) is 0 Å². The van der Waals surface area contributed by atoms with Crippen LogP contribution < -0.4 is 10.2 Å². The van der Waals surface area contributed by atoms with E-state index in [4.69, 9.17) is 0 Å². The minimum atomic E-state index is -1.22. The highest BCUT2D eigenvalue weighted by Gasteiger charge is 2.62. The summed E-state index contributed by atoms with van der Waals surface area (Å²) in [5.74, 6) is -0.784. The first-order chi connectivity index (χ1) is 12.0. The van der Waals surface area contributed by atoms with Crippen LogP contribution in [0.1, 0.15) is 38.7 Å². The first kappa shape index (κ1) is 16.1. The third-order valence-corrected chi connectivity index (χ3v) is 5.80. The summed E-state index contributed by atoms with van der Waals surface area (Å²) in [4.78, 5) is 42.2. The van der Waals surface area contributed by atoms with Crippen molar-refractivity contribution in [2.45, 2.75) is 51.6 Å². The number of rotatable bonds is 1. The molecule has 1 aromatic rings. The zero-order chi connectivity index (χ0) is 17.8. The minimum absolute atomic E-state index is 0.196. The number of imide groups is 2. The van der Waals surface area contributed by atoms with Gasteiger partial charge in [-0.15, -0.1) is 0 Å². The highest BCUT2D eigenvalue weighted by atomic mass is 16.2. The molecule has 1 N–H and O–H groups in total. The lowest BCUT2D eigenvalue weighted by Crippen LogP contribution is -2.73. The van der Waals surface area contributed by atoms with Crippen molar-refractivity contribution in [1.82, 2.24) is 10.2 Å². The zero-order valence-electron chi connectivity index (χ0n) is 14.6. The maximum atomic E-state index is 13.4. The Hall–Kier alpha value is -2.37. The number of hydrogen-bond donors (Lipinski definition) is 1. The molecule has 3 aliphatic heterocycles. The first-order valence-corrected chi connectivity index (χ1v) is 9.00. The zero-order valence-corrected chi connectivity index (χ0v) is 14.6. The first-order valence-electron chi connectivity index (χ1n) is 9.00. The number of urea groups is 1. The number of nitrogens with one attached hydrogen (secondary N) is 1. The standard InChI is InChI=1S/C19H23N3O3/c1-12(2)22-17(24)19(16(23)20-18(22)25)11-13-7-3-4-8-14(13)21-10-6-5-9-15(19)21/h3-4,7-8,12,15H,5-6,9-11H2,1-2H3,(H,20,23,25)/t15-,19+/m1/s1. The Bertz CT molecular complexity index is 760. The molecule has 0 unspecified atom stereocenters. The van der Waals surface area contributed by atoms with E-state index in [0.717, 1.165) is 37.1 Å². The van der Waals surface area contributed by atoms with Crippen molar-refractivity contribution < 1.29 is 14.4 Å². The molecular formula is C19H23N3O3. The number of carbonyl (C=O) groups excluding carboxylic acids is 3. The Labute approximate surface area is 147 Å². The molecule has 0 saturated carbocycles. The van der Waals surface area contributed by atoms with Crippen LogP contribution in [0.2, 0.25) is 0 Å². The van der Waals surface area contributed by atoms with Crippen LogP contribution in [0.3, 0.4) is 0 Å². The molecule has 0 aliphatic carbocycles. The number of anilines is 1. The van der Waals surface area contributed by atoms with Gasteiger partial charge in [-0.05, 0) is 51.2 Å². The van der Waals surface area contributed by atoms with Gasteiger partial charge >= 0.3 is 6.03 Å². The van der Waals surface area contributed by atoms with Crippen LogP contribution in [0.5, 0.6) is 0 Å². The van der Waals surface area contributed by atoms with Gasteiger partial charge in [0.1, 0.15) is 0 Å². The summed E-state index contributed by atoms with van der Waals surface area (Å²) in [6, 6.07) is 6.90. The van der Waals surface area contributed by atoms with Crippen molar-refractivity contribution in [3.8, 4) is 0 Å². The van der Waals surface area contributed by atoms with Crippen molar-refractivity contribution in [3.63, 3.8) is 0 Å². The minimum Gasteiger partial charge on any atom is -0.367 e. The third kappa shape index (κ3) is 2.12. The number of amides is 4. The van der Waals surface area contributed by atoms with Crippen molar-refractivity contribution in [1.29, 1.82) is 0 Å². The monoisotopic (exact) mass is 341 g/mol. The molecule has 3 aliphatic rings. The number of fused-ring (bicyclic) bond motifs is 4. The van der Waals surface area contributed by atoms with E-state index in [1.807, 2.05) is 18.2 Å². The molecule has 0 radical (unpaired) electrons. The van der Waals surface area contributed by atoms with E-state index in [1.54, 1.807) is 13.8 Å². The second kappa shape index (κ2) is 5.58. The summed E-state index contributed by atoms with van der Waals surface area (Å²) in [5.41, 5.74) is 0.904. The summed E-state index contributed by atoms with van der Waals surface area (Å²) in [5, 5.41) is 2.47. The van der Waals surface area contributed by atoms with Crippen molar-refractivity contribution in [2.75, 3.05) is 11.4 Å². The average Bonchev–Trinajstić information content (AvgIpc) is 2.59. The highest BCUT2D eigenvalue weighted by molar-refractivity contribution is 6.20. The van der Waals surface area contributed by atoms with Crippen LogP contribution in [0.15, 0.2) is 24.3 Å². The summed E-state index contributed by atoms with van der Waals surface area (Å²) in [7, 11) is 0. The predicted octanol–water partition coefficient (Wildman–Crippen LogP) is 2.07. The Morgan fingerprint density at radius 1 is 1.16 bits per heavy atom. The molecule has 4 rings (SSSR count). The number of barbiturate groups is 1. The van der Waals surface area contributed by atoms with Crippen LogP contribution in [-0.2, 0) is 16.0 Å². The lowest BCUT2D eigenvalue weighted by Gasteiger charge is -2.54. The quantitative estimate of drug-likeness (QED) is 0.794.